The number of ether oxygens (including phenoxy) is 1. The fourth-order valence-corrected chi connectivity index (χ4v) is 6.64. The van der Waals surface area contributed by atoms with Crippen LogP contribution in [-0.4, -0.2) is 81.8 Å². The number of nitrogens with zero attached hydrogens (tertiary/aromatic N) is 8. The number of likely N-dealkylation sites (N-methyl/N-ethyl adjacent to an activating group) is 1. The first-order valence-electron chi connectivity index (χ1n) is 14.3. The van der Waals surface area contributed by atoms with Gasteiger partial charge in [0.1, 0.15) is 11.9 Å². The summed E-state index contributed by atoms with van der Waals surface area (Å²) in [5, 5.41) is 14.3. The summed E-state index contributed by atoms with van der Waals surface area (Å²) in [6.07, 6.45) is 13.3. The van der Waals surface area contributed by atoms with Crippen LogP contribution in [0.15, 0.2) is 61.2 Å². The lowest BCUT2D eigenvalue weighted by Gasteiger charge is -2.41. The van der Waals surface area contributed by atoms with Gasteiger partial charge in [-0.3, -0.25) is 4.90 Å². The third-order valence-corrected chi connectivity index (χ3v) is 8.90. The molecule has 2 bridgehead atoms. The molecule has 2 unspecified atom stereocenters. The van der Waals surface area contributed by atoms with Crippen LogP contribution in [0.4, 0.5) is 5.82 Å². The van der Waals surface area contributed by atoms with Crippen LogP contribution in [0.2, 0.25) is 0 Å². The van der Waals surface area contributed by atoms with Gasteiger partial charge in [0.15, 0.2) is 0 Å². The molecule has 0 N–H and O–H groups in total. The van der Waals surface area contributed by atoms with Gasteiger partial charge < -0.3 is 14.5 Å². The quantitative estimate of drug-likeness (QED) is 0.355. The first kappa shape index (κ1) is 25.7. The lowest BCUT2D eigenvalue weighted by atomic mass is 9.96. The molecule has 0 aromatic carbocycles. The normalized spacial score (nSPS) is 21.2. The lowest BCUT2D eigenvalue weighted by Crippen LogP contribution is -2.53. The van der Waals surface area contributed by atoms with E-state index in [2.05, 4.69) is 74.4 Å². The van der Waals surface area contributed by atoms with Crippen molar-refractivity contribution in [2.75, 3.05) is 45.2 Å². The summed E-state index contributed by atoms with van der Waals surface area (Å²) < 4.78 is 7.07. The highest BCUT2D eigenvalue weighted by atomic mass is 16.5. The minimum Gasteiger partial charge on any atom is -0.481 e. The zero-order chi connectivity index (χ0) is 27.9. The van der Waals surface area contributed by atoms with Crippen LogP contribution in [-0.2, 0) is 6.54 Å². The third-order valence-electron chi connectivity index (χ3n) is 8.90. The molecular weight excluding hydrogens is 512 g/mol. The van der Waals surface area contributed by atoms with E-state index in [1.807, 2.05) is 23.0 Å². The minimum atomic E-state index is 0.501. The van der Waals surface area contributed by atoms with Crippen molar-refractivity contribution < 1.29 is 4.74 Å². The van der Waals surface area contributed by atoms with Crippen molar-refractivity contribution in [3.05, 3.63) is 77.9 Å². The second kappa shape index (κ2) is 10.6. The number of hydrogen-bond donors (Lipinski definition) is 0. The standard InChI is InChI=1S/C32H34N8O/c1-37-11-9-23(10-12-37)25-13-29(32-26(14-33)17-36-40(32)19-25)24-4-7-30(34-16-24)38-20-27-5-6-28(21-38)39(27)18-22-3-8-31(41-2)35-15-22/h3-4,7-9,13,15-17,19,27-28H,5-6,10-12,18,20-21H2,1-2H3. The number of anilines is 1. The van der Waals surface area contributed by atoms with E-state index in [0.717, 1.165) is 67.2 Å². The number of hydrogen-bond acceptors (Lipinski definition) is 8. The van der Waals surface area contributed by atoms with E-state index in [1.165, 1.54) is 24.0 Å². The lowest BCUT2D eigenvalue weighted by molar-refractivity contribution is 0.160. The Morgan fingerprint density at radius 1 is 1.02 bits per heavy atom. The topological polar surface area (TPSA) is 85.8 Å². The molecular formula is C32H34N8O. The van der Waals surface area contributed by atoms with E-state index in [9.17, 15) is 5.26 Å². The molecule has 0 radical (unpaired) electrons. The van der Waals surface area contributed by atoms with Gasteiger partial charge >= 0.3 is 0 Å². The Labute approximate surface area is 240 Å². The van der Waals surface area contributed by atoms with Crippen LogP contribution in [0.1, 0.15) is 36.0 Å². The Morgan fingerprint density at radius 2 is 1.88 bits per heavy atom. The molecule has 3 aliphatic heterocycles. The maximum Gasteiger partial charge on any atom is 0.212 e. The molecule has 9 heteroatoms. The fraction of sp³-hybridized carbons (Fsp3) is 0.375. The smallest absolute Gasteiger partial charge is 0.212 e. The van der Waals surface area contributed by atoms with Gasteiger partial charge in [0.2, 0.25) is 5.88 Å². The average molecular weight is 547 g/mol. The van der Waals surface area contributed by atoms with Crippen LogP contribution in [0.3, 0.4) is 0 Å². The molecule has 41 heavy (non-hydrogen) atoms. The Balaban J connectivity index is 1.13. The number of pyridine rings is 3. The molecule has 4 aromatic rings. The maximum atomic E-state index is 9.80. The SMILES string of the molecule is COc1ccc(CN2C3CCC2CN(c2ccc(-c4cc(C5=CCN(C)CC5)cn5ncc(C#N)c45)cn2)C3)cn1. The number of aromatic nitrogens is 4. The predicted molar refractivity (Wildman–Crippen MR) is 159 cm³/mol. The van der Waals surface area contributed by atoms with Gasteiger partial charge in [0.25, 0.3) is 0 Å². The van der Waals surface area contributed by atoms with Crippen LogP contribution in [0.5, 0.6) is 5.88 Å². The molecule has 0 saturated carbocycles. The number of nitriles is 1. The Kier molecular flexibility index (Phi) is 6.65. The number of rotatable bonds is 6. The summed E-state index contributed by atoms with van der Waals surface area (Å²) in [5.74, 6) is 1.66. The number of piperazine rings is 1. The molecule has 2 saturated heterocycles. The van der Waals surface area contributed by atoms with Crippen molar-refractivity contribution in [1.82, 2.24) is 29.4 Å². The van der Waals surface area contributed by atoms with Crippen LogP contribution in [0, 0.1) is 11.3 Å². The highest BCUT2D eigenvalue weighted by Crippen LogP contribution is 2.35. The van der Waals surface area contributed by atoms with Crippen molar-refractivity contribution in [2.45, 2.75) is 37.9 Å². The number of methoxy groups -OCH3 is 1. The monoisotopic (exact) mass is 546 g/mol. The van der Waals surface area contributed by atoms with E-state index in [0.29, 0.717) is 23.5 Å². The summed E-state index contributed by atoms with van der Waals surface area (Å²) in [5.41, 5.74) is 7.10. The van der Waals surface area contributed by atoms with Gasteiger partial charge in [-0.1, -0.05) is 12.1 Å². The minimum absolute atomic E-state index is 0.501. The number of fused-ring (bicyclic) bond motifs is 3. The van der Waals surface area contributed by atoms with Crippen LogP contribution in [0.25, 0.3) is 22.2 Å². The molecule has 2 fully saturated rings. The predicted octanol–water partition coefficient (Wildman–Crippen LogP) is 4.24. The molecule has 9 nitrogen and oxygen atoms in total. The molecule has 3 aliphatic rings. The molecule has 0 amide bonds. The molecule has 208 valence electrons. The Bertz CT molecular complexity index is 1620. The van der Waals surface area contributed by atoms with Gasteiger partial charge in [-0.25, -0.2) is 14.5 Å². The van der Waals surface area contributed by atoms with Gasteiger partial charge in [0.05, 0.1) is 24.4 Å². The van der Waals surface area contributed by atoms with E-state index < -0.39 is 0 Å². The Hall–Kier alpha value is -4.26. The summed E-state index contributed by atoms with van der Waals surface area (Å²) in [6.45, 7) is 4.82. The third kappa shape index (κ3) is 4.83. The molecule has 0 aliphatic carbocycles. The van der Waals surface area contributed by atoms with Crippen LogP contribution < -0.4 is 9.64 Å². The Morgan fingerprint density at radius 3 is 2.54 bits per heavy atom. The summed E-state index contributed by atoms with van der Waals surface area (Å²) in [7, 11) is 3.79. The first-order valence-corrected chi connectivity index (χ1v) is 14.3. The van der Waals surface area contributed by atoms with E-state index in [-0.39, 0.29) is 0 Å². The first-order chi connectivity index (χ1) is 20.1. The summed E-state index contributed by atoms with van der Waals surface area (Å²) in [6, 6.07) is 13.9. The van der Waals surface area contributed by atoms with E-state index >= 15 is 0 Å². The second-order valence-electron chi connectivity index (χ2n) is 11.4. The van der Waals surface area contributed by atoms with Crippen molar-refractivity contribution in [2.24, 2.45) is 0 Å². The van der Waals surface area contributed by atoms with Gasteiger partial charge in [-0.05, 0) is 61.2 Å². The largest absolute Gasteiger partial charge is 0.481 e. The zero-order valence-corrected chi connectivity index (χ0v) is 23.6. The molecule has 7 heterocycles. The highest BCUT2D eigenvalue weighted by Gasteiger charge is 2.40. The molecule has 4 aromatic heterocycles. The van der Waals surface area contributed by atoms with Crippen LogP contribution >= 0.6 is 0 Å². The highest BCUT2D eigenvalue weighted by molar-refractivity contribution is 5.87. The summed E-state index contributed by atoms with van der Waals surface area (Å²) >= 11 is 0. The van der Waals surface area contributed by atoms with E-state index in [4.69, 9.17) is 9.72 Å². The van der Waals surface area contributed by atoms with Gasteiger partial charge in [-0.2, -0.15) is 10.4 Å². The van der Waals surface area contributed by atoms with E-state index in [1.54, 1.807) is 13.3 Å². The second-order valence-corrected chi connectivity index (χ2v) is 11.4. The zero-order valence-electron chi connectivity index (χ0n) is 23.6. The fourth-order valence-electron chi connectivity index (χ4n) is 6.64. The average Bonchev–Trinajstić information content (AvgIpc) is 3.53. The van der Waals surface area contributed by atoms with Gasteiger partial charge in [0, 0.05) is 80.6 Å². The van der Waals surface area contributed by atoms with Crippen molar-refractivity contribution in [1.29, 1.82) is 5.26 Å². The van der Waals surface area contributed by atoms with Crippen molar-refractivity contribution in [3.8, 4) is 23.1 Å². The molecule has 7 rings (SSSR count). The molecule has 0 spiro atoms. The summed E-state index contributed by atoms with van der Waals surface area (Å²) in [4.78, 5) is 16.7. The molecule has 2 atom stereocenters. The van der Waals surface area contributed by atoms with Crippen molar-refractivity contribution in [3.63, 3.8) is 0 Å². The maximum absolute atomic E-state index is 9.80. The van der Waals surface area contributed by atoms with Gasteiger partial charge in [-0.15, -0.1) is 0 Å². The van der Waals surface area contributed by atoms with Crippen molar-refractivity contribution >= 4 is 16.9 Å².